The molecule has 2 saturated carbocycles. The molecule has 2 unspecified atom stereocenters. The molecule has 2 amide bonds. The Morgan fingerprint density at radius 1 is 1.37 bits per heavy atom. The maximum Gasteiger partial charge on any atom is 0.332 e. The SMILES string of the molecule is CC1(C)CC[C@@H]2/C(=N/NC(N)=O)C3C=CC(CC3)[C@@H]21. The van der Waals surface area contributed by atoms with Crippen molar-refractivity contribution in [2.24, 2.45) is 39.9 Å². The first-order valence-electron chi connectivity index (χ1n) is 7.30. The fourth-order valence-electron chi connectivity index (χ4n) is 4.58. The van der Waals surface area contributed by atoms with Gasteiger partial charge in [0.05, 0.1) is 0 Å². The molecule has 3 N–H and O–H groups in total. The number of nitrogens with zero attached hydrogens (tertiary/aromatic N) is 1. The number of rotatable bonds is 1. The number of nitrogens with two attached hydrogens (primary N) is 1. The van der Waals surface area contributed by atoms with E-state index in [1.54, 1.807) is 0 Å². The Kier molecular flexibility index (Phi) is 2.91. The zero-order valence-corrected chi connectivity index (χ0v) is 11.7. The van der Waals surface area contributed by atoms with Gasteiger partial charge in [-0.3, -0.25) is 0 Å². The molecular formula is C15H23N3O. The van der Waals surface area contributed by atoms with Crippen molar-refractivity contribution in [3.63, 3.8) is 0 Å². The largest absolute Gasteiger partial charge is 0.350 e. The summed E-state index contributed by atoms with van der Waals surface area (Å²) in [6, 6.07) is -0.566. The normalized spacial score (nSPS) is 41.1. The number of allylic oxidation sites excluding steroid dienone is 2. The standard InChI is InChI=1S/C15H23N3O/c1-15(2)8-7-11-12(15)9-3-5-10(6-4-9)13(11)17-18-14(16)19/h3,5,9-12H,4,6-8H2,1-2H3,(H3,16,18,19)/b17-13+/t9?,10?,11-,12-/m0/s1. The van der Waals surface area contributed by atoms with E-state index in [4.69, 9.17) is 5.73 Å². The number of nitrogens with one attached hydrogen (secondary N) is 1. The van der Waals surface area contributed by atoms with Crippen LogP contribution in [0.1, 0.15) is 39.5 Å². The Hall–Kier alpha value is -1.32. The van der Waals surface area contributed by atoms with Gasteiger partial charge in [0.25, 0.3) is 0 Å². The van der Waals surface area contributed by atoms with Gasteiger partial charge in [-0.05, 0) is 42.9 Å². The minimum absolute atomic E-state index is 0.367. The van der Waals surface area contributed by atoms with E-state index in [0.29, 0.717) is 29.1 Å². The molecular weight excluding hydrogens is 238 g/mol. The molecule has 4 aliphatic rings. The van der Waals surface area contributed by atoms with Gasteiger partial charge in [0.1, 0.15) is 0 Å². The Balaban J connectivity index is 1.98. The van der Waals surface area contributed by atoms with Crippen molar-refractivity contribution in [2.75, 3.05) is 0 Å². The van der Waals surface area contributed by atoms with Gasteiger partial charge in [-0.1, -0.05) is 26.0 Å². The summed E-state index contributed by atoms with van der Waals surface area (Å²) in [5, 5.41) is 4.37. The topological polar surface area (TPSA) is 67.5 Å². The molecule has 0 aromatic heterocycles. The summed E-state index contributed by atoms with van der Waals surface area (Å²) >= 11 is 0. The summed E-state index contributed by atoms with van der Waals surface area (Å²) in [6.07, 6.45) is 9.53. The van der Waals surface area contributed by atoms with Crippen molar-refractivity contribution in [1.82, 2.24) is 5.43 Å². The van der Waals surface area contributed by atoms with E-state index >= 15 is 0 Å². The third-order valence-electron chi connectivity index (χ3n) is 5.35. The number of hydrogen-bond donors (Lipinski definition) is 2. The minimum atomic E-state index is -0.566. The van der Waals surface area contributed by atoms with Crippen LogP contribution in [0.25, 0.3) is 0 Å². The summed E-state index contributed by atoms with van der Waals surface area (Å²) in [5.74, 6) is 2.24. The molecule has 0 aromatic carbocycles. The molecule has 4 heteroatoms. The van der Waals surface area contributed by atoms with Crippen molar-refractivity contribution >= 4 is 11.7 Å². The zero-order valence-electron chi connectivity index (χ0n) is 11.7. The molecule has 4 aliphatic carbocycles. The van der Waals surface area contributed by atoms with Crippen molar-refractivity contribution in [3.8, 4) is 0 Å². The average molecular weight is 261 g/mol. The highest BCUT2D eigenvalue weighted by Gasteiger charge is 2.51. The molecule has 19 heavy (non-hydrogen) atoms. The molecule has 2 fully saturated rings. The van der Waals surface area contributed by atoms with Crippen LogP contribution in [0, 0.1) is 29.1 Å². The van der Waals surface area contributed by atoms with E-state index in [2.05, 4.69) is 36.5 Å². The molecule has 4 rings (SSSR count). The minimum Gasteiger partial charge on any atom is -0.350 e. The predicted molar refractivity (Wildman–Crippen MR) is 75.5 cm³/mol. The van der Waals surface area contributed by atoms with Crippen LogP contribution in [-0.4, -0.2) is 11.7 Å². The van der Waals surface area contributed by atoms with Crippen molar-refractivity contribution < 1.29 is 4.79 Å². The van der Waals surface area contributed by atoms with Crippen LogP contribution in [0.5, 0.6) is 0 Å². The number of primary amides is 1. The quantitative estimate of drug-likeness (QED) is 0.553. The lowest BCUT2D eigenvalue weighted by Crippen LogP contribution is -2.33. The third kappa shape index (κ3) is 2.07. The van der Waals surface area contributed by atoms with E-state index in [1.165, 1.54) is 19.3 Å². The van der Waals surface area contributed by atoms with Crippen LogP contribution in [0.2, 0.25) is 0 Å². The van der Waals surface area contributed by atoms with Crippen LogP contribution < -0.4 is 11.2 Å². The number of hydrazone groups is 1. The number of carbonyl (C=O) groups excluding carboxylic acids is 1. The van der Waals surface area contributed by atoms with Gasteiger partial charge >= 0.3 is 6.03 Å². The number of carbonyl (C=O) groups is 1. The zero-order chi connectivity index (χ0) is 13.6. The molecule has 0 radical (unpaired) electrons. The van der Waals surface area contributed by atoms with Gasteiger partial charge in [-0.25, -0.2) is 10.2 Å². The number of amides is 2. The lowest BCUT2D eigenvalue weighted by molar-refractivity contribution is 0.182. The van der Waals surface area contributed by atoms with Gasteiger partial charge in [0.15, 0.2) is 0 Å². The maximum absolute atomic E-state index is 10.9. The molecule has 0 heterocycles. The Morgan fingerprint density at radius 2 is 2.16 bits per heavy atom. The lowest BCUT2D eigenvalue weighted by Gasteiger charge is -2.34. The first-order valence-corrected chi connectivity index (χ1v) is 7.30. The van der Waals surface area contributed by atoms with Gasteiger partial charge in [-0.2, -0.15) is 5.10 Å². The highest BCUT2D eigenvalue weighted by molar-refractivity contribution is 5.92. The first kappa shape index (κ1) is 12.7. The highest BCUT2D eigenvalue weighted by Crippen LogP contribution is 2.56. The second kappa shape index (κ2) is 4.36. The molecule has 4 atom stereocenters. The van der Waals surface area contributed by atoms with Crippen LogP contribution >= 0.6 is 0 Å². The van der Waals surface area contributed by atoms with Crippen LogP contribution in [-0.2, 0) is 0 Å². The molecule has 0 spiro atoms. The van der Waals surface area contributed by atoms with Crippen molar-refractivity contribution in [3.05, 3.63) is 12.2 Å². The lowest BCUT2D eigenvalue weighted by atomic mass is 9.70. The fraction of sp³-hybridized carbons (Fsp3) is 0.733. The Labute approximate surface area is 114 Å². The van der Waals surface area contributed by atoms with E-state index < -0.39 is 6.03 Å². The number of urea groups is 1. The summed E-state index contributed by atoms with van der Waals surface area (Å²) in [6.45, 7) is 4.76. The summed E-state index contributed by atoms with van der Waals surface area (Å²) in [4.78, 5) is 10.9. The summed E-state index contributed by atoms with van der Waals surface area (Å²) in [7, 11) is 0. The Bertz CT molecular complexity index is 452. The smallest absolute Gasteiger partial charge is 0.332 e. The molecule has 2 bridgehead atoms. The second-order valence-corrected chi connectivity index (χ2v) is 6.90. The van der Waals surface area contributed by atoms with Crippen molar-refractivity contribution in [2.45, 2.75) is 39.5 Å². The van der Waals surface area contributed by atoms with Gasteiger partial charge in [-0.15, -0.1) is 0 Å². The van der Waals surface area contributed by atoms with E-state index in [1.807, 2.05) is 0 Å². The number of hydrogen-bond acceptors (Lipinski definition) is 2. The molecule has 0 aromatic rings. The van der Waals surface area contributed by atoms with Crippen LogP contribution in [0.4, 0.5) is 4.79 Å². The van der Waals surface area contributed by atoms with Gasteiger partial charge in [0, 0.05) is 17.5 Å². The van der Waals surface area contributed by atoms with Crippen LogP contribution in [0.15, 0.2) is 17.3 Å². The van der Waals surface area contributed by atoms with Gasteiger partial charge < -0.3 is 5.73 Å². The molecule has 4 nitrogen and oxygen atoms in total. The monoisotopic (exact) mass is 261 g/mol. The van der Waals surface area contributed by atoms with Crippen LogP contribution in [0.3, 0.4) is 0 Å². The van der Waals surface area contributed by atoms with E-state index in [-0.39, 0.29) is 0 Å². The Morgan fingerprint density at radius 3 is 2.79 bits per heavy atom. The second-order valence-electron chi connectivity index (χ2n) is 6.90. The van der Waals surface area contributed by atoms with E-state index in [0.717, 1.165) is 12.1 Å². The molecule has 104 valence electrons. The first-order chi connectivity index (χ1) is 8.99. The molecule has 0 saturated heterocycles. The molecule has 0 aliphatic heterocycles. The summed E-state index contributed by atoms with van der Waals surface area (Å²) < 4.78 is 0. The average Bonchev–Trinajstić information content (AvgIpc) is 2.53. The predicted octanol–water partition coefficient (Wildman–Crippen LogP) is 2.66. The van der Waals surface area contributed by atoms with E-state index in [9.17, 15) is 4.79 Å². The fourth-order valence-corrected chi connectivity index (χ4v) is 4.58. The van der Waals surface area contributed by atoms with Crippen molar-refractivity contribution in [1.29, 1.82) is 0 Å². The maximum atomic E-state index is 10.9. The number of fused-ring (bicyclic) bond motifs is 1. The highest BCUT2D eigenvalue weighted by atomic mass is 16.2. The summed E-state index contributed by atoms with van der Waals surface area (Å²) in [5.41, 5.74) is 9.15. The third-order valence-corrected chi connectivity index (χ3v) is 5.35. The van der Waals surface area contributed by atoms with Gasteiger partial charge in [0.2, 0.25) is 0 Å².